The van der Waals surface area contributed by atoms with E-state index in [4.69, 9.17) is 16.3 Å². The summed E-state index contributed by atoms with van der Waals surface area (Å²) in [5.74, 6) is 1.71. The summed E-state index contributed by atoms with van der Waals surface area (Å²) >= 11 is 9.59. The van der Waals surface area contributed by atoms with Crippen molar-refractivity contribution in [1.29, 1.82) is 0 Å². The van der Waals surface area contributed by atoms with Crippen LogP contribution in [0.15, 0.2) is 18.2 Å². The van der Waals surface area contributed by atoms with E-state index in [1.807, 2.05) is 18.2 Å². The van der Waals surface area contributed by atoms with Crippen LogP contribution in [0.5, 0.6) is 5.75 Å². The van der Waals surface area contributed by atoms with E-state index in [9.17, 15) is 0 Å². The van der Waals surface area contributed by atoms with E-state index in [0.29, 0.717) is 0 Å². The summed E-state index contributed by atoms with van der Waals surface area (Å²) in [6, 6.07) is 5.81. The lowest BCUT2D eigenvalue weighted by Crippen LogP contribution is -2.20. The molecule has 1 fully saturated rings. The zero-order valence-electron chi connectivity index (χ0n) is 9.96. The minimum Gasteiger partial charge on any atom is -0.496 e. The first-order valence-electron chi connectivity index (χ1n) is 5.83. The van der Waals surface area contributed by atoms with Gasteiger partial charge in [0.2, 0.25) is 0 Å². The fourth-order valence-electron chi connectivity index (χ4n) is 2.29. The zero-order chi connectivity index (χ0) is 12.3. The normalized spacial score (nSPS) is 20.8. The molecule has 2 rings (SSSR count). The number of nitrogens with zero attached hydrogens (tertiary/aromatic N) is 1. The lowest BCUT2D eigenvalue weighted by Gasteiger charge is -2.17. The van der Waals surface area contributed by atoms with Gasteiger partial charge in [-0.15, -0.1) is 0 Å². The maximum Gasteiger partial charge on any atom is 0.123 e. The van der Waals surface area contributed by atoms with Gasteiger partial charge < -0.3 is 4.74 Å². The van der Waals surface area contributed by atoms with Crippen LogP contribution in [-0.2, 0) is 6.54 Å². The lowest BCUT2D eigenvalue weighted by molar-refractivity contribution is 0.312. The summed E-state index contributed by atoms with van der Waals surface area (Å²) in [5.41, 5.74) is 1.18. The molecule has 0 radical (unpaired) electrons. The van der Waals surface area contributed by atoms with Gasteiger partial charge in [-0.3, -0.25) is 4.90 Å². The quantitative estimate of drug-likeness (QED) is 0.787. The summed E-state index contributed by atoms with van der Waals surface area (Å²) in [6.07, 6.45) is 1.27. The van der Waals surface area contributed by atoms with Crippen LogP contribution in [0.2, 0.25) is 5.02 Å². The summed E-state index contributed by atoms with van der Waals surface area (Å²) in [6.45, 7) is 3.24. The van der Waals surface area contributed by atoms with Crippen LogP contribution >= 0.6 is 27.5 Å². The number of rotatable bonds is 4. The number of halogens is 2. The third-order valence-corrected chi connectivity index (χ3v) is 4.38. The molecule has 1 atom stereocenters. The van der Waals surface area contributed by atoms with E-state index < -0.39 is 0 Å². The first kappa shape index (κ1) is 13.2. The molecule has 0 N–H and O–H groups in total. The Hall–Kier alpha value is -0.250. The molecule has 2 nitrogen and oxygen atoms in total. The van der Waals surface area contributed by atoms with Gasteiger partial charge >= 0.3 is 0 Å². The molecule has 94 valence electrons. The molecule has 1 aliphatic rings. The molecular weight excluding hydrogens is 302 g/mol. The van der Waals surface area contributed by atoms with Crippen molar-refractivity contribution in [3.8, 4) is 5.75 Å². The molecular formula is C13H17BrClNO. The van der Waals surface area contributed by atoms with Gasteiger partial charge in [0, 0.05) is 29.0 Å². The monoisotopic (exact) mass is 317 g/mol. The zero-order valence-corrected chi connectivity index (χ0v) is 12.3. The number of methoxy groups -OCH3 is 1. The average Bonchev–Trinajstić information content (AvgIpc) is 2.77. The predicted molar refractivity (Wildman–Crippen MR) is 75.2 cm³/mol. The van der Waals surface area contributed by atoms with E-state index in [0.717, 1.165) is 41.7 Å². The molecule has 0 saturated carbocycles. The largest absolute Gasteiger partial charge is 0.496 e. The van der Waals surface area contributed by atoms with Gasteiger partial charge in [-0.25, -0.2) is 0 Å². The Labute approximate surface area is 116 Å². The maximum atomic E-state index is 6.03. The van der Waals surface area contributed by atoms with Crippen LogP contribution in [0.1, 0.15) is 12.0 Å². The molecule has 0 aromatic heterocycles. The number of benzene rings is 1. The Bertz CT molecular complexity index is 386. The highest BCUT2D eigenvalue weighted by Crippen LogP contribution is 2.26. The molecule has 0 spiro atoms. The van der Waals surface area contributed by atoms with Gasteiger partial charge in [0.05, 0.1) is 7.11 Å². The first-order valence-corrected chi connectivity index (χ1v) is 7.33. The molecule has 1 saturated heterocycles. The van der Waals surface area contributed by atoms with E-state index in [1.165, 1.54) is 12.0 Å². The molecule has 1 unspecified atom stereocenters. The highest BCUT2D eigenvalue weighted by atomic mass is 79.9. The highest BCUT2D eigenvalue weighted by molar-refractivity contribution is 9.09. The fraction of sp³-hybridized carbons (Fsp3) is 0.538. The Kier molecular flexibility index (Phi) is 4.71. The molecule has 1 aromatic rings. The van der Waals surface area contributed by atoms with E-state index >= 15 is 0 Å². The number of likely N-dealkylation sites (tertiary alicyclic amines) is 1. The molecule has 0 amide bonds. The predicted octanol–water partition coefficient (Wildman–Crippen LogP) is 3.57. The van der Waals surface area contributed by atoms with Gasteiger partial charge in [-0.05, 0) is 37.1 Å². The first-order chi connectivity index (χ1) is 8.22. The second kappa shape index (κ2) is 6.07. The van der Waals surface area contributed by atoms with Crippen LogP contribution in [-0.4, -0.2) is 30.4 Å². The molecule has 0 bridgehead atoms. The van der Waals surface area contributed by atoms with Gasteiger partial charge in [-0.2, -0.15) is 0 Å². The number of ether oxygens (including phenoxy) is 1. The van der Waals surface area contributed by atoms with Gasteiger partial charge in [0.15, 0.2) is 0 Å². The number of hydrogen-bond acceptors (Lipinski definition) is 2. The SMILES string of the molecule is COc1ccc(Cl)cc1CN1CCC(CBr)C1. The van der Waals surface area contributed by atoms with Crippen LogP contribution in [0.3, 0.4) is 0 Å². The van der Waals surface area contributed by atoms with Crippen molar-refractivity contribution in [3.63, 3.8) is 0 Å². The van der Waals surface area contributed by atoms with Crippen LogP contribution in [0.4, 0.5) is 0 Å². The molecule has 0 aliphatic carbocycles. The van der Waals surface area contributed by atoms with Crippen LogP contribution in [0, 0.1) is 5.92 Å². The van der Waals surface area contributed by atoms with Crippen molar-refractivity contribution < 1.29 is 4.74 Å². The van der Waals surface area contributed by atoms with Gasteiger partial charge in [0.25, 0.3) is 0 Å². The van der Waals surface area contributed by atoms with Crippen molar-refractivity contribution in [2.45, 2.75) is 13.0 Å². The van der Waals surface area contributed by atoms with Gasteiger partial charge in [0.1, 0.15) is 5.75 Å². The van der Waals surface area contributed by atoms with E-state index in [-0.39, 0.29) is 0 Å². The second-order valence-electron chi connectivity index (χ2n) is 4.50. The van der Waals surface area contributed by atoms with E-state index in [2.05, 4.69) is 20.8 Å². The average molecular weight is 319 g/mol. The fourth-order valence-corrected chi connectivity index (χ4v) is 3.02. The van der Waals surface area contributed by atoms with E-state index in [1.54, 1.807) is 7.11 Å². The number of hydrogen-bond donors (Lipinski definition) is 0. The smallest absolute Gasteiger partial charge is 0.123 e. The molecule has 1 aliphatic heterocycles. The summed E-state index contributed by atoms with van der Waals surface area (Å²) in [4.78, 5) is 2.46. The standard InChI is InChI=1S/C13H17BrClNO/c1-17-13-3-2-12(15)6-11(13)9-16-5-4-10(7-14)8-16/h2-3,6,10H,4-5,7-9H2,1H3. The van der Waals surface area contributed by atoms with Gasteiger partial charge in [-0.1, -0.05) is 27.5 Å². The second-order valence-corrected chi connectivity index (χ2v) is 5.58. The topological polar surface area (TPSA) is 12.5 Å². The Morgan fingerprint density at radius 3 is 3.00 bits per heavy atom. The third-order valence-electron chi connectivity index (χ3n) is 3.22. The Balaban J connectivity index is 2.05. The van der Waals surface area contributed by atoms with Crippen molar-refractivity contribution in [2.24, 2.45) is 5.92 Å². The van der Waals surface area contributed by atoms with Crippen molar-refractivity contribution in [1.82, 2.24) is 4.90 Å². The van der Waals surface area contributed by atoms with Crippen molar-refractivity contribution in [3.05, 3.63) is 28.8 Å². The maximum absolute atomic E-state index is 6.03. The minimum atomic E-state index is 0.775. The lowest BCUT2D eigenvalue weighted by atomic mass is 10.1. The molecule has 17 heavy (non-hydrogen) atoms. The minimum absolute atomic E-state index is 0.775. The summed E-state index contributed by atoms with van der Waals surface area (Å²) in [5, 5.41) is 1.87. The summed E-state index contributed by atoms with van der Waals surface area (Å²) < 4.78 is 5.37. The van der Waals surface area contributed by atoms with Crippen molar-refractivity contribution >= 4 is 27.5 Å². The van der Waals surface area contributed by atoms with Crippen molar-refractivity contribution in [2.75, 3.05) is 25.5 Å². The number of alkyl halides is 1. The molecule has 4 heteroatoms. The van der Waals surface area contributed by atoms with Crippen LogP contribution in [0.25, 0.3) is 0 Å². The Morgan fingerprint density at radius 1 is 1.53 bits per heavy atom. The molecule has 1 heterocycles. The van der Waals surface area contributed by atoms with Crippen LogP contribution < -0.4 is 4.74 Å². The molecule has 1 aromatic carbocycles. The highest BCUT2D eigenvalue weighted by Gasteiger charge is 2.22. The third kappa shape index (κ3) is 3.36. The summed E-state index contributed by atoms with van der Waals surface area (Å²) in [7, 11) is 1.71. The Morgan fingerprint density at radius 2 is 2.35 bits per heavy atom.